The summed E-state index contributed by atoms with van der Waals surface area (Å²) in [4.78, 5) is 15.3. The van der Waals surface area contributed by atoms with E-state index in [2.05, 4.69) is 0 Å². The molecular formula is C29H39ClN2O4. The van der Waals surface area contributed by atoms with Gasteiger partial charge in [-0.1, -0.05) is 54.1 Å². The second-order valence-electron chi connectivity index (χ2n) is 10.4. The summed E-state index contributed by atoms with van der Waals surface area (Å²) >= 11 is 6.75. The third-order valence-electron chi connectivity index (χ3n) is 8.03. The molecule has 196 valence electrons. The summed E-state index contributed by atoms with van der Waals surface area (Å²) in [6.07, 6.45) is 4.11. The number of amides is 1. The van der Waals surface area contributed by atoms with Crippen molar-refractivity contribution in [3.8, 4) is 11.1 Å². The zero-order valence-corrected chi connectivity index (χ0v) is 21.9. The third kappa shape index (κ3) is 5.79. The zero-order valence-electron chi connectivity index (χ0n) is 21.1. The summed E-state index contributed by atoms with van der Waals surface area (Å²) in [7, 11) is 1.69. The van der Waals surface area contributed by atoms with Crippen LogP contribution in [0.2, 0.25) is 5.02 Å². The molecule has 0 radical (unpaired) electrons. The molecule has 1 heterocycles. The maximum Gasteiger partial charge on any atom is 0.225 e. The first kappa shape index (κ1) is 27.1. The SMILES string of the molecule is COCCCC[C@@](O)(c1cccc(Cl)c1-c1ccccc1)[C@@H]1CCCN(C(=O)[C@H]2C[C@@H](N)[C@@H](O)C2)C1. The number of hydrogen-bond acceptors (Lipinski definition) is 5. The number of methoxy groups -OCH3 is 1. The molecule has 1 saturated carbocycles. The van der Waals surface area contributed by atoms with E-state index in [-0.39, 0.29) is 23.8 Å². The quantitative estimate of drug-likeness (QED) is 0.432. The maximum absolute atomic E-state index is 13.4. The van der Waals surface area contributed by atoms with Crippen molar-refractivity contribution in [3.63, 3.8) is 0 Å². The van der Waals surface area contributed by atoms with Gasteiger partial charge in [0.05, 0.1) is 11.7 Å². The van der Waals surface area contributed by atoms with Crippen LogP contribution in [0.1, 0.15) is 50.5 Å². The predicted molar refractivity (Wildman–Crippen MR) is 143 cm³/mol. The van der Waals surface area contributed by atoms with Gasteiger partial charge in [-0.05, 0) is 62.1 Å². The number of aliphatic hydroxyl groups is 2. The summed E-state index contributed by atoms with van der Waals surface area (Å²) < 4.78 is 5.26. The Morgan fingerprint density at radius 1 is 1.17 bits per heavy atom. The normalized spacial score (nSPS) is 26.1. The lowest BCUT2D eigenvalue weighted by Crippen LogP contribution is -2.49. The highest BCUT2D eigenvalue weighted by Crippen LogP contribution is 2.46. The van der Waals surface area contributed by atoms with Crippen LogP contribution in [0, 0.1) is 11.8 Å². The number of nitrogens with two attached hydrogens (primary N) is 1. The van der Waals surface area contributed by atoms with Gasteiger partial charge >= 0.3 is 0 Å². The van der Waals surface area contributed by atoms with Crippen LogP contribution in [0.5, 0.6) is 0 Å². The van der Waals surface area contributed by atoms with Gasteiger partial charge in [-0.25, -0.2) is 0 Å². The Morgan fingerprint density at radius 3 is 2.64 bits per heavy atom. The second-order valence-corrected chi connectivity index (χ2v) is 10.8. The Balaban J connectivity index is 1.66. The van der Waals surface area contributed by atoms with Crippen molar-refractivity contribution in [1.82, 2.24) is 4.90 Å². The molecular weight excluding hydrogens is 476 g/mol. The molecule has 2 aromatic carbocycles. The van der Waals surface area contributed by atoms with E-state index in [0.717, 1.165) is 42.4 Å². The highest BCUT2D eigenvalue weighted by atomic mass is 35.5. The lowest BCUT2D eigenvalue weighted by molar-refractivity contribution is -0.141. The highest BCUT2D eigenvalue weighted by molar-refractivity contribution is 6.33. The minimum atomic E-state index is -1.16. The molecule has 1 amide bonds. The summed E-state index contributed by atoms with van der Waals surface area (Å²) in [5.74, 6) is -0.351. The Morgan fingerprint density at radius 2 is 1.94 bits per heavy atom. The van der Waals surface area contributed by atoms with E-state index in [4.69, 9.17) is 22.1 Å². The van der Waals surface area contributed by atoms with Crippen molar-refractivity contribution in [1.29, 1.82) is 0 Å². The molecule has 1 aliphatic carbocycles. The van der Waals surface area contributed by atoms with E-state index in [0.29, 0.717) is 44.0 Å². The molecule has 0 spiro atoms. The molecule has 0 bridgehead atoms. The smallest absolute Gasteiger partial charge is 0.225 e. The predicted octanol–water partition coefficient (Wildman–Crippen LogP) is 4.35. The van der Waals surface area contributed by atoms with E-state index in [9.17, 15) is 15.0 Å². The lowest BCUT2D eigenvalue weighted by Gasteiger charge is -2.44. The summed E-state index contributed by atoms with van der Waals surface area (Å²) in [6.45, 7) is 1.77. The van der Waals surface area contributed by atoms with Gasteiger partial charge in [-0.2, -0.15) is 0 Å². The Bertz CT molecular complexity index is 1010. The largest absolute Gasteiger partial charge is 0.391 e. The van der Waals surface area contributed by atoms with Crippen LogP contribution >= 0.6 is 11.6 Å². The van der Waals surface area contributed by atoms with E-state index >= 15 is 0 Å². The van der Waals surface area contributed by atoms with E-state index in [1.54, 1.807) is 7.11 Å². The van der Waals surface area contributed by atoms with Crippen molar-refractivity contribution in [2.45, 2.75) is 62.7 Å². The summed E-state index contributed by atoms with van der Waals surface area (Å²) in [5.41, 5.74) is 7.46. The summed E-state index contributed by atoms with van der Waals surface area (Å²) in [5, 5.41) is 23.2. The van der Waals surface area contributed by atoms with Crippen molar-refractivity contribution < 1.29 is 19.7 Å². The van der Waals surface area contributed by atoms with Gasteiger partial charge in [-0.15, -0.1) is 0 Å². The van der Waals surface area contributed by atoms with Crippen molar-refractivity contribution in [2.24, 2.45) is 17.6 Å². The average Bonchev–Trinajstić information content (AvgIpc) is 3.24. The maximum atomic E-state index is 13.4. The van der Waals surface area contributed by atoms with Crippen molar-refractivity contribution in [3.05, 3.63) is 59.1 Å². The number of benzene rings is 2. The summed E-state index contributed by atoms with van der Waals surface area (Å²) in [6, 6.07) is 15.3. The average molecular weight is 515 g/mol. The Kier molecular flexibility index (Phi) is 9.07. The molecule has 2 aromatic rings. The molecule has 6 nitrogen and oxygen atoms in total. The molecule has 4 N–H and O–H groups in total. The van der Waals surface area contributed by atoms with Crippen LogP contribution < -0.4 is 5.73 Å². The number of carbonyl (C=O) groups is 1. The fourth-order valence-electron chi connectivity index (χ4n) is 6.06. The van der Waals surface area contributed by atoms with Crippen LogP contribution in [0.3, 0.4) is 0 Å². The van der Waals surface area contributed by atoms with E-state index in [1.807, 2.05) is 53.4 Å². The van der Waals surface area contributed by atoms with Crippen LogP contribution in [0.25, 0.3) is 11.1 Å². The monoisotopic (exact) mass is 514 g/mol. The Labute approximate surface area is 219 Å². The molecule has 0 unspecified atom stereocenters. The molecule has 2 fully saturated rings. The first-order valence-corrected chi connectivity index (χ1v) is 13.5. The van der Waals surface area contributed by atoms with Gasteiger partial charge in [0, 0.05) is 55.3 Å². The second kappa shape index (κ2) is 12.1. The molecule has 4 rings (SSSR count). The molecule has 2 aliphatic rings. The van der Waals surface area contributed by atoms with E-state index < -0.39 is 11.7 Å². The highest BCUT2D eigenvalue weighted by Gasteiger charge is 2.44. The van der Waals surface area contributed by atoms with Crippen molar-refractivity contribution in [2.75, 3.05) is 26.8 Å². The number of nitrogens with zero attached hydrogens (tertiary/aromatic N) is 1. The van der Waals surface area contributed by atoms with Gasteiger partial charge in [-0.3, -0.25) is 4.79 Å². The topological polar surface area (TPSA) is 96.0 Å². The van der Waals surface area contributed by atoms with E-state index in [1.165, 1.54) is 0 Å². The minimum Gasteiger partial charge on any atom is -0.391 e. The van der Waals surface area contributed by atoms with Gasteiger partial charge in [0.2, 0.25) is 5.91 Å². The first-order valence-electron chi connectivity index (χ1n) is 13.1. The van der Waals surface area contributed by atoms with Gasteiger partial charge in [0.25, 0.3) is 0 Å². The number of halogens is 1. The molecule has 7 heteroatoms. The fraction of sp³-hybridized carbons (Fsp3) is 0.552. The van der Waals surface area contributed by atoms with Crippen LogP contribution in [-0.4, -0.2) is 60.0 Å². The van der Waals surface area contributed by atoms with Crippen molar-refractivity contribution >= 4 is 17.5 Å². The number of carbonyl (C=O) groups excluding carboxylic acids is 1. The molecule has 36 heavy (non-hydrogen) atoms. The van der Waals surface area contributed by atoms with Crippen LogP contribution in [0.4, 0.5) is 0 Å². The van der Waals surface area contributed by atoms with Gasteiger partial charge in [0.15, 0.2) is 0 Å². The van der Waals surface area contributed by atoms with Gasteiger partial charge < -0.3 is 25.6 Å². The molecule has 5 atom stereocenters. The minimum absolute atomic E-state index is 0.0443. The number of unbranched alkanes of at least 4 members (excludes halogenated alkanes) is 1. The molecule has 1 saturated heterocycles. The van der Waals surface area contributed by atoms with Crippen LogP contribution in [-0.2, 0) is 15.1 Å². The number of ether oxygens (including phenoxy) is 1. The molecule has 1 aliphatic heterocycles. The zero-order chi connectivity index (χ0) is 25.7. The number of aliphatic hydroxyl groups excluding tert-OH is 1. The van der Waals surface area contributed by atoms with Gasteiger partial charge in [0.1, 0.15) is 0 Å². The number of likely N-dealkylation sites (tertiary alicyclic amines) is 1. The standard InChI is InChI=1S/C29H39ClN2O4/c1-36-16-6-5-14-29(35,23-12-7-13-24(30)27(23)20-9-3-2-4-10-20)22-11-8-15-32(19-22)28(34)21-17-25(31)26(33)18-21/h2-4,7,9-10,12-13,21-22,25-26,33,35H,5-6,8,11,14-19,31H2,1H3/t21-,22+,25+,26-,29-/m0/s1. The third-order valence-corrected chi connectivity index (χ3v) is 8.35. The number of hydrogen-bond donors (Lipinski definition) is 3. The Hall–Kier alpha value is -1.96. The van der Waals surface area contributed by atoms with Crippen LogP contribution in [0.15, 0.2) is 48.5 Å². The molecule has 0 aromatic heterocycles. The lowest BCUT2D eigenvalue weighted by atomic mass is 9.72. The first-order chi connectivity index (χ1) is 17.3. The number of piperidine rings is 1. The fourth-order valence-corrected chi connectivity index (χ4v) is 6.34. The number of rotatable bonds is 9.